The van der Waals surface area contributed by atoms with Gasteiger partial charge in [-0.25, -0.2) is 13.1 Å². The SMILES string of the molecule is CC(=O)NS(=O)(=O)c1ccc(NS(=O)(=O)C(F)(F)C(F)(F)C(F)(F)C(F)(F)F)cc1. The molecule has 0 saturated heterocycles. The van der Waals surface area contributed by atoms with Crippen LogP contribution >= 0.6 is 0 Å². The zero-order valence-electron chi connectivity index (χ0n) is 14.1. The first-order chi connectivity index (χ1) is 13.1. The van der Waals surface area contributed by atoms with Crippen LogP contribution in [0.5, 0.6) is 0 Å². The predicted octanol–water partition coefficient (Wildman–Crippen LogP) is 2.68. The summed E-state index contributed by atoms with van der Waals surface area (Å²) >= 11 is 0. The van der Waals surface area contributed by atoms with Crippen molar-refractivity contribution in [1.29, 1.82) is 0 Å². The summed E-state index contributed by atoms with van der Waals surface area (Å²) in [6, 6.07) is 1.73. The van der Waals surface area contributed by atoms with Crippen LogP contribution in [0.15, 0.2) is 29.2 Å². The number of anilines is 1. The molecule has 0 atom stereocenters. The topological polar surface area (TPSA) is 109 Å². The number of carbonyl (C=O) groups is 1. The molecule has 1 aromatic rings. The molecule has 0 aliphatic heterocycles. The zero-order valence-corrected chi connectivity index (χ0v) is 15.7. The summed E-state index contributed by atoms with van der Waals surface area (Å²) in [7, 11) is -11.4. The first-order valence-corrected chi connectivity index (χ1v) is 9.93. The highest BCUT2D eigenvalue weighted by Gasteiger charge is 2.85. The third-order valence-electron chi connectivity index (χ3n) is 3.15. The second kappa shape index (κ2) is 7.47. The molecule has 0 bridgehead atoms. The number of hydrogen-bond donors (Lipinski definition) is 2. The van der Waals surface area contributed by atoms with Gasteiger partial charge < -0.3 is 0 Å². The van der Waals surface area contributed by atoms with E-state index in [-0.39, 0.29) is 0 Å². The molecule has 1 rings (SSSR count). The number of hydrogen-bond acceptors (Lipinski definition) is 5. The van der Waals surface area contributed by atoms with Crippen molar-refractivity contribution < 1.29 is 61.1 Å². The minimum absolute atomic E-state index is 0.377. The maximum Gasteiger partial charge on any atom is 0.460 e. The van der Waals surface area contributed by atoms with Gasteiger partial charge in [0.2, 0.25) is 5.91 Å². The van der Waals surface area contributed by atoms with Gasteiger partial charge in [0.1, 0.15) is 0 Å². The maximum atomic E-state index is 13.6. The minimum atomic E-state index is -7.42. The summed E-state index contributed by atoms with van der Waals surface area (Å²) in [6.07, 6.45) is -7.21. The summed E-state index contributed by atoms with van der Waals surface area (Å²) in [5.74, 6) is -15.9. The van der Waals surface area contributed by atoms with Crippen LogP contribution < -0.4 is 9.44 Å². The van der Waals surface area contributed by atoms with Crippen LogP contribution in [0.2, 0.25) is 0 Å². The van der Waals surface area contributed by atoms with Crippen LogP contribution in [0, 0.1) is 0 Å². The first-order valence-electron chi connectivity index (χ1n) is 6.96. The van der Waals surface area contributed by atoms with E-state index in [1.165, 1.54) is 4.72 Å². The van der Waals surface area contributed by atoms with Gasteiger partial charge in [-0.1, -0.05) is 0 Å². The van der Waals surface area contributed by atoms with E-state index >= 15 is 0 Å². The van der Waals surface area contributed by atoms with Crippen LogP contribution in [-0.2, 0) is 24.8 Å². The highest BCUT2D eigenvalue weighted by atomic mass is 32.2. The molecular formula is C12H9F9N2O5S2. The van der Waals surface area contributed by atoms with Crippen LogP contribution in [0.3, 0.4) is 0 Å². The summed E-state index contributed by atoms with van der Waals surface area (Å²) in [5, 5.41) is -6.96. The Hall–Kier alpha value is -2.24. The average molecular weight is 496 g/mol. The normalized spacial score (nSPS) is 14.3. The van der Waals surface area contributed by atoms with Crippen LogP contribution in [0.1, 0.15) is 6.92 Å². The van der Waals surface area contributed by atoms with E-state index in [0.29, 0.717) is 29.0 Å². The lowest BCUT2D eigenvalue weighted by atomic mass is 10.1. The minimum Gasteiger partial charge on any atom is -0.278 e. The van der Waals surface area contributed by atoms with E-state index in [0.717, 1.165) is 6.92 Å². The standard InChI is InChI=1S/C12H9F9N2O5S2/c1-6(24)22-29(25,26)8-4-2-7(3-5-8)23-30(27,28)12(20,21)10(15,16)9(13,14)11(17,18)19/h2-5,23H,1H3,(H,22,24). The van der Waals surface area contributed by atoms with E-state index in [9.17, 15) is 61.1 Å². The van der Waals surface area contributed by atoms with Gasteiger partial charge in [0, 0.05) is 12.6 Å². The monoisotopic (exact) mass is 496 g/mol. The molecule has 0 fully saturated rings. The van der Waals surface area contributed by atoms with Gasteiger partial charge in [0.25, 0.3) is 10.0 Å². The Morgan fingerprint density at radius 2 is 1.23 bits per heavy atom. The number of alkyl halides is 9. The van der Waals surface area contributed by atoms with Gasteiger partial charge in [-0.15, -0.1) is 0 Å². The van der Waals surface area contributed by atoms with Gasteiger partial charge in [-0.2, -0.15) is 47.9 Å². The van der Waals surface area contributed by atoms with Gasteiger partial charge in [-0.05, 0) is 24.3 Å². The van der Waals surface area contributed by atoms with Crippen LogP contribution in [-0.4, -0.2) is 46.0 Å². The number of sulfonamides is 2. The largest absolute Gasteiger partial charge is 0.460 e. The average Bonchev–Trinajstić information content (AvgIpc) is 2.52. The van der Waals surface area contributed by atoms with Gasteiger partial charge >= 0.3 is 33.3 Å². The van der Waals surface area contributed by atoms with Crippen molar-refractivity contribution in [3.05, 3.63) is 24.3 Å². The third kappa shape index (κ3) is 4.42. The molecule has 0 saturated carbocycles. The molecule has 0 radical (unpaired) electrons. The molecule has 0 unspecified atom stereocenters. The molecule has 1 amide bonds. The Labute approximate surface area is 162 Å². The lowest BCUT2D eigenvalue weighted by Gasteiger charge is -2.33. The Kier molecular flexibility index (Phi) is 6.42. The molecule has 18 heteroatoms. The zero-order chi connectivity index (χ0) is 24.0. The molecule has 172 valence electrons. The van der Waals surface area contributed by atoms with E-state index in [2.05, 4.69) is 0 Å². The fraction of sp³-hybridized carbons (Fsp3) is 0.417. The highest BCUT2D eigenvalue weighted by molar-refractivity contribution is 7.93. The molecule has 7 nitrogen and oxygen atoms in total. The van der Waals surface area contributed by atoms with E-state index < -0.39 is 59.8 Å². The number of benzene rings is 1. The third-order valence-corrected chi connectivity index (χ3v) is 6.03. The van der Waals surface area contributed by atoms with Crippen molar-refractivity contribution in [1.82, 2.24) is 4.72 Å². The number of amides is 1. The van der Waals surface area contributed by atoms with Crippen molar-refractivity contribution in [2.75, 3.05) is 4.72 Å². The Morgan fingerprint density at radius 3 is 1.60 bits per heavy atom. The van der Waals surface area contributed by atoms with E-state index in [1.54, 1.807) is 0 Å². The number of halogens is 9. The lowest BCUT2D eigenvalue weighted by Crippen LogP contribution is -2.64. The van der Waals surface area contributed by atoms with Gasteiger partial charge in [0.15, 0.2) is 0 Å². The highest BCUT2D eigenvalue weighted by Crippen LogP contribution is 2.54. The predicted molar refractivity (Wildman–Crippen MR) is 80.9 cm³/mol. The molecule has 0 aliphatic carbocycles. The van der Waals surface area contributed by atoms with Crippen LogP contribution in [0.25, 0.3) is 0 Å². The smallest absolute Gasteiger partial charge is 0.278 e. The second-order valence-electron chi connectivity index (χ2n) is 5.45. The lowest BCUT2D eigenvalue weighted by molar-refractivity contribution is -0.382. The number of nitrogens with one attached hydrogen (secondary N) is 2. The molecular weight excluding hydrogens is 487 g/mol. The molecule has 0 aliphatic rings. The number of rotatable bonds is 7. The molecule has 0 heterocycles. The van der Waals surface area contributed by atoms with Crippen molar-refractivity contribution in [2.45, 2.75) is 35.1 Å². The van der Waals surface area contributed by atoms with E-state index in [4.69, 9.17) is 0 Å². The van der Waals surface area contributed by atoms with Crippen LogP contribution in [0.4, 0.5) is 45.2 Å². The van der Waals surface area contributed by atoms with Gasteiger partial charge in [0.05, 0.1) is 4.90 Å². The molecule has 0 aromatic heterocycles. The molecule has 1 aromatic carbocycles. The molecule has 2 N–H and O–H groups in total. The molecule has 30 heavy (non-hydrogen) atoms. The van der Waals surface area contributed by atoms with Crippen molar-refractivity contribution in [2.24, 2.45) is 0 Å². The fourth-order valence-electron chi connectivity index (χ4n) is 1.70. The van der Waals surface area contributed by atoms with Crippen molar-refractivity contribution >= 4 is 31.6 Å². The first kappa shape index (κ1) is 25.8. The summed E-state index contributed by atoms with van der Waals surface area (Å²) in [5.41, 5.74) is -1.09. The quantitative estimate of drug-likeness (QED) is 0.565. The Balaban J connectivity index is 3.29. The molecule has 0 spiro atoms. The maximum absolute atomic E-state index is 13.6. The Morgan fingerprint density at radius 1 is 0.800 bits per heavy atom. The summed E-state index contributed by atoms with van der Waals surface area (Å²) < 4.78 is 164. The Bertz CT molecular complexity index is 1020. The second-order valence-corrected chi connectivity index (χ2v) is 8.86. The van der Waals surface area contributed by atoms with E-state index in [1.807, 2.05) is 0 Å². The van der Waals surface area contributed by atoms with Crippen molar-refractivity contribution in [3.8, 4) is 0 Å². The van der Waals surface area contributed by atoms with Gasteiger partial charge in [-0.3, -0.25) is 9.52 Å². The summed E-state index contributed by atoms with van der Waals surface area (Å²) in [4.78, 5) is 10.0. The van der Waals surface area contributed by atoms with Crippen molar-refractivity contribution in [3.63, 3.8) is 0 Å². The summed E-state index contributed by atoms with van der Waals surface area (Å²) in [6.45, 7) is 0.805. The fourth-order valence-corrected chi connectivity index (χ4v) is 3.73. The number of carbonyl (C=O) groups excluding carboxylic acids is 1.